The van der Waals surface area contributed by atoms with Gasteiger partial charge < -0.3 is 5.73 Å². The van der Waals surface area contributed by atoms with E-state index in [4.69, 9.17) is 5.73 Å². The molecule has 0 radical (unpaired) electrons. The summed E-state index contributed by atoms with van der Waals surface area (Å²) in [5, 5.41) is 0. The van der Waals surface area contributed by atoms with Crippen LogP contribution >= 0.6 is 15.9 Å². The van der Waals surface area contributed by atoms with Crippen LogP contribution in [0.4, 0.5) is 22.0 Å². The Labute approximate surface area is 96.6 Å². The second kappa shape index (κ2) is 4.29. The third-order valence-corrected chi connectivity index (χ3v) is 2.47. The van der Waals surface area contributed by atoms with Gasteiger partial charge in [-0.2, -0.15) is 22.0 Å². The molecule has 0 fully saturated rings. The summed E-state index contributed by atoms with van der Waals surface area (Å²) in [6, 6.07) is 2.68. The quantitative estimate of drug-likeness (QED) is 0.829. The Hall–Kier alpha value is -0.690. The lowest BCUT2D eigenvalue weighted by Crippen LogP contribution is -2.45. The molecule has 16 heavy (non-hydrogen) atoms. The third kappa shape index (κ3) is 2.52. The van der Waals surface area contributed by atoms with Crippen LogP contribution in [0.15, 0.2) is 28.7 Å². The molecule has 0 amide bonds. The van der Waals surface area contributed by atoms with Crippen molar-refractivity contribution in [2.45, 2.75) is 18.1 Å². The van der Waals surface area contributed by atoms with Crippen LogP contribution in [0.2, 0.25) is 0 Å². The molecule has 1 nitrogen and oxygen atoms in total. The van der Waals surface area contributed by atoms with Gasteiger partial charge in [-0.15, -0.1) is 0 Å². The van der Waals surface area contributed by atoms with E-state index >= 15 is 0 Å². The van der Waals surface area contributed by atoms with Gasteiger partial charge in [-0.25, -0.2) is 0 Å². The third-order valence-electron chi connectivity index (χ3n) is 1.98. The van der Waals surface area contributed by atoms with Crippen molar-refractivity contribution in [1.82, 2.24) is 0 Å². The van der Waals surface area contributed by atoms with Crippen LogP contribution in [0, 0.1) is 0 Å². The van der Waals surface area contributed by atoms with Gasteiger partial charge in [-0.3, -0.25) is 0 Å². The van der Waals surface area contributed by atoms with E-state index in [0.29, 0.717) is 4.47 Å². The van der Waals surface area contributed by atoms with Gasteiger partial charge in [0.15, 0.2) is 0 Å². The van der Waals surface area contributed by atoms with E-state index in [1.807, 2.05) is 0 Å². The van der Waals surface area contributed by atoms with Crippen LogP contribution < -0.4 is 5.73 Å². The molecule has 0 aliphatic rings. The molecule has 1 aromatic carbocycles. The zero-order valence-electron chi connectivity index (χ0n) is 7.73. The predicted octanol–water partition coefficient (Wildman–Crippen LogP) is 3.65. The second-order valence-electron chi connectivity index (χ2n) is 3.15. The largest absolute Gasteiger partial charge is 0.455 e. The van der Waals surface area contributed by atoms with Gasteiger partial charge in [-0.05, 0) is 17.7 Å². The van der Waals surface area contributed by atoms with Crippen molar-refractivity contribution in [2.24, 2.45) is 5.73 Å². The molecular weight excluding hydrogens is 297 g/mol. The molecule has 1 atom stereocenters. The van der Waals surface area contributed by atoms with Crippen molar-refractivity contribution >= 4 is 15.9 Å². The first-order valence-electron chi connectivity index (χ1n) is 4.12. The lowest BCUT2D eigenvalue weighted by molar-refractivity contribution is -0.291. The minimum atomic E-state index is -5.66. The fourth-order valence-electron chi connectivity index (χ4n) is 1.09. The molecule has 0 unspecified atom stereocenters. The summed E-state index contributed by atoms with van der Waals surface area (Å²) in [6.45, 7) is 0. The Bertz CT molecular complexity index is 376. The maximum atomic E-state index is 12.9. The normalized spacial score (nSPS) is 14.9. The minimum absolute atomic E-state index is 0.281. The molecule has 1 aromatic rings. The molecule has 7 heteroatoms. The molecule has 0 bridgehead atoms. The fourth-order valence-corrected chi connectivity index (χ4v) is 1.50. The van der Waals surface area contributed by atoms with Gasteiger partial charge in [0.1, 0.15) is 6.04 Å². The van der Waals surface area contributed by atoms with Crippen molar-refractivity contribution in [2.75, 3.05) is 0 Å². The smallest absolute Gasteiger partial charge is 0.319 e. The number of hydrogen-bond acceptors (Lipinski definition) is 1. The first-order chi connectivity index (χ1) is 7.16. The lowest BCUT2D eigenvalue weighted by atomic mass is 10.0. The highest BCUT2D eigenvalue weighted by Gasteiger charge is 2.61. The van der Waals surface area contributed by atoms with Crippen LogP contribution in [-0.4, -0.2) is 12.1 Å². The van der Waals surface area contributed by atoms with Crippen molar-refractivity contribution in [1.29, 1.82) is 0 Å². The van der Waals surface area contributed by atoms with Crippen LogP contribution in [0.3, 0.4) is 0 Å². The summed E-state index contributed by atoms with van der Waals surface area (Å²) in [6.07, 6.45) is -5.66. The number of rotatable bonds is 2. The number of halogens is 6. The summed E-state index contributed by atoms with van der Waals surface area (Å²) in [4.78, 5) is 0. The summed E-state index contributed by atoms with van der Waals surface area (Å²) < 4.78 is 62.2. The van der Waals surface area contributed by atoms with E-state index < -0.39 is 18.1 Å². The standard InChI is InChI=1S/C9H7BrF5N/c10-6-3-1-2-5(4-6)7(16)8(11,12)9(13,14)15/h1-4,7H,16H2/t7-/m1/s1. The number of benzene rings is 1. The summed E-state index contributed by atoms with van der Waals surface area (Å²) in [5.74, 6) is -4.95. The SMILES string of the molecule is N[C@H](c1cccc(Br)c1)C(F)(F)C(F)(F)F. The van der Waals surface area contributed by atoms with Gasteiger partial charge in [0.25, 0.3) is 0 Å². The Morgan fingerprint density at radius 3 is 2.12 bits per heavy atom. The topological polar surface area (TPSA) is 26.0 Å². The van der Waals surface area contributed by atoms with Crippen LogP contribution in [0.5, 0.6) is 0 Å². The highest BCUT2D eigenvalue weighted by molar-refractivity contribution is 9.10. The Kier molecular flexibility index (Phi) is 3.59. The molecule has 0 aliphatic heterocycles. The lowest BCUT2D eigenvalue weighted by Gasteiger charge is -2.25. The van der Waals surface area contributed by atoms with Gasteiger partial charge in [-0.1, -0.05) is 28.1 Å². The Morgan fingerprint density at radius 2 is 1.69 bits per heavy atom. The molecule has 0 saturated heterocycles. The fraction of sp³-hybridized carbons (Fsp3) is 0.333. The highest BCUT2D eigenvalue weighted by atomic mass is 79.9. The van der Waals surface area contributed by atoms with Gasteiger partial charge in [0.05, 0.1) is 0 Å². The average molecular weight is 304 g/mol. The molecule has 0 saturated carbocycles. The van der Waals surface area contributed by atoms with Crippen molar-refractivity contribution in [3.05, 3.63) is 34.3 Å². The molecule has 0 aromatic heterocycles. The molecule has 0 heterocycles. The van der Waals surface area contributed by atoms with Crippen LogP contribution in [0.1, 0.15) is 11.6 Å². The van der Waals surface area contributed by atoms with Crippen LogP contribution in [-0.2, 0) is 0 Å². The summed E-state index contributed by atoms with van der Waals surface area (Å²) in [7, 11) is 0. The summed E-state index contributed by atoms with van der Waals surface area (Å²) in [5.41, 5.74) is 4.66. The predicted molar refractivity (Wildman–Crippen MR) is 52.1 cm³/mol. The molecule has 0 aliphatic carbocycles. The average Bonchev–Trinajstić information content (AvgIpc) is 2.14. The zero-order valence-corrected chi connectivity index (χ0v) is 9.32. The second-order valence-corrected chi connectivity index (χ2v) is 4.07. The molecule has 90 valence electrons. The van der Waals surface area contributed by atoms with E-state index in [-0.39, 0.29) is 5.56 Å². The van der Waals surface area contributed by atoms with Gasteiger partial charge >= 0.3 is 12.1 Å². The minimum Gasteiger partial charge on any atom is -0.319 e. The number of hydrogen-bond donors (Lipinski definition) is 1. The Balaban J connectivity index is 3.07. The molecular formula is C9H7BrF5N. The number of alkyl halides is 5. The van der Waals surface area contributed by atoms with Crippen LogP contribution in [0.25, 0.3) is 0 Å². The van der Waals surface area contributed by atoms with E-state index in [1.165, 1.54) is 12.1 Å². The van der Waals surface area contributed by atoms with Crippen molar-refractivity contribution < 1.29 is 22.0 Å². The van der Waals surface area contributed by atoms with E-state index in [9.17, 15) is 22.0 Å². The maximum absolute atomic E-state index is 12.9. The number of nitrogens with two attached hydrogens (primary N) is 1. The van der Waals surface area contributed by atoms with E-state index in [0.717, 1.165) is 12.1 Å². The first-order valence-corrected chi connectivity index (χ1v) is 4.91. The highest BCUT2D eigenvalue weighted by Crippen LogP contribution is 2.43. The van der Waals surface area contributed by atoms with Gasteiger partial charge in [0, 0.05) is 4.47 Å². The molecule has 2 N–H and O–H groups in total. The van der Waals surface area contributed by atoms with E-state index in [2.05, 4.69) is 15.9 Å². The monoisotopic (exact) mass is 303 g/mol. The van der Waals surface area contributed by atoms with E-state index in [1.54, 1.807) is 0 Å². The molecule has 0 spiro atoms. The maximum Gasteiger partial charge on any atom is 0.455 e. The summed E-state index contributed by atoms with van der Waals surface area (Å²) >= 11 is 2.97. The van der Waals surface area contributed by atoms with Gasteiger partial charge in [0.2, 0.25) is 0 Å². The molecule has 1 rings (SSSR count). The Morgan fingerprint density at radius 1 is 1.12 bits per heavy atom. The first kappa shape index (κ1) is 13.4. The van der Waals surface area contributed by atoms with Crippen molar-refractivity contribution in [3.8, 4) is 0 Å². The van der Waals surface area contributed by atoms with Crippen molar-refractivity contribution in [3.63, 3.8) is 0 Å². The zero-order chi connectivity index (χ0) is 12.6.